The fourth-order valence-electron chi connectivity index (χ4n) is 1.99. The molecule has 3 nitrogen and oxygen atoms in total. The molecule has 0 aliphatic carbocycles. The monoisotopic (exact) mass is 158 g/mol. The van der Waals surface area contributed by atoms with Crippen molar-refractivity contribution in [2.75, 3.05) is 13.2 Å². The van der Waals surface area contributed by atoms with Gasteiger partial charge in [0, 0.05) is 12.8 Å². The van der Waals surface area contributed by atoms with E-state index in [0.717, 1.165) is 6.42 Å². The summed E-state index contributed by atoms with van der Waals surface area (Å²) in [5.74, 6) is 0. The molecule has 1 N–H and O–H groups in total. The van der Waals surface area contributed by atoms with Gasteiger partial charge in [0.05, 0.1) is 31.0 Å². The highest BCUT2D eigenvalue weighted by molar-refractivity contribution is 4.89. The van der Waals surface area contributed by atoms with Crippen LogP contribution in [0.5, 0.6) is 0 Å². The van der Waals surface area contributed by atoms with Gasteiger partial charge in [-0.2, -0.15) is 0 Å². The fourth-order valence-corrected chi connectivity index (χ4v) is 1.99. The molecule has 3 atom stereocenters. The topological polar surface area (TPSA) is 38.7 Å². The third-order valence-corrected chi connectivity index (χ3v) is 2.36. The molecule has 2 bridgehead atoms. The van der Waals surface area contributed by atoms with E-state index in [1.807, 2.05) is 6.92 Å². The van der Waals surface area contributed by atoms with Gasteiger partial charge >= 0.3 is 0 Å². The van der Waals surface area contributed by atoms with E-state index in [-0.39, 0.29) is 17.8 Å². The summed E-state index contributed by atoms with van der Waals surface area (Å²) in [5.41, 5.74) is -0.222. The Bertz CT molecular complexity index is 155. The van der Waals surface area contributed by atoms with E-state index in [2.05, 4.69) is 0 Å². The average molecular weight is 158 g/mol. The van der Waals surface area contributed by atoms with Crippen LogP contribution in [0.4, 0.5) is 0 Å². The minimum Gasteiger partial charge on any atom is -0.393 e. The molecule has 1 unspecified atom stereocenters. The van der Waals surface area contributed by atoms with Crippen LogP contribution >= 0.6 is 0 Å². The summed E-state index contributed by atoms with van der Waals surface area (Å²) in [6.45, 7) is 3.27. The molecule has 2 rings (SSSR count). The Morgan fingerprint density at radius 2 is 2.36 bits per heavy atom. The van der Waals surface area contributed by atoms with E-state index in [4.69, 9.17) is 9.47 Å². The van der Waals surface area contributed by atoms with Gasteiger partial charge in [-0.25, -0.2) is 0 Å². The molecular weight excluding hydrogens is 144 g/mol. The average Bonchev–Trinajstić information content (AvgIpc) is 1.82. The summed E-state index contributed by atoms with van der Waals surface area (Å²) in [6, 6.07) is 0. The molecule has 0 saturated carbocycles. The first-order valence-electron chi connectivity index (χ1n) is 4.12. The third-order valence-electron chi connectivity index (χ3n) is 2.36. The van der Waals surface area contributed by atoms with Gasteiger partial charge in [-0.3, -0.25) is 0 Å². The standard InChI is InChI=1S/C8H14O3/c1-8-3-6(9)2-7(11-8)4-10-5-8/h6-7,9H,2-5H2,1H3/t6?,7-,8+/m1/s1. The first kappa shape index (κ1) is 7.53. The van der Waals surface area contributed by atoms with E-state index in [1.54, 1.807) is 0 Å². The van der Waals surface area contributed by atoms with Gasteiger partial charge < -0.3 is 14.6 Å². The highest BCUT2D eigenvalue weighted by atomic mass is 16.6. The second-order valence-electron chi connectivity index (χ2n) is 3.80. The molecule has 11 heavy (non-hydrogen) atoms. The number of hydrogen-bond acceptors (Lipinski definition) is 3. The summed E-state index contributed by atoms with van der Waals surface area (Å²) in [7, 11) is 0. The van der Waals surface area contributed by atoms with Crippen LogP contribution in [0.2, 0.25) is 0 Å². The van der Waals surface area contributed by atoms with Gasteiger partial charge in [-0.05, 0) is 6.92 Å². The maximum absolute atomic E-state index is 9.44. The number of hydrogen-bond donors (Lipinski definition) is 1. The van der Waals surface area contributed by atoms with E-state index < -0.39 is 0 Å². The van der Waals surface area contributed by atoms with Crippen molar-refractivity contribution >= 4 is 0 Å². The predicted octanol–water partition coefficient (Wildman–Crippen LogP) is 0.315. The van der Waals surface area contributed by atoms with Crippen molar-refractivity contribution in [3.05, 3.63) is 0 Å². The number of rotatable bonds is 0. The summed E-state index contributed by atoms with van der Waals surface area (Å²) >= 11 is 0. The molecule has 64 valence electrons. The Balaban J connectivity index is 2.09. The van der Waals surface area contributed by atoms with Gasteiger partial charge in [0.1, 0.15) is 0 Å². The summed E-state index contributed by atoms with van der Waals surface area (Å²) < 4.78 is 11.0. The van der Waals surface area contributed by atoms with Gasteiger partial charge in [0.25, 0.3) is 0 Å². The molecule has 2 heterocycles. The van der Waals surface area contributed by atoms with Crippen molar-refractivity contribution in [1.82, 2.24) is 0 Å². The number of fused-ring (bicyclic) bond motifs is 2. The molecule has 0 aromatic carbocycles. The van der Waals surface area contributed by atoms with Crippen molar-refractivity contribution in [2.45, 2.75) is 37.6 Å². The van der Waals surface area contributed by atoms with Crippen molar-refractivity contribution in [2.24, 2.45) is 0 Å². The normalized spacial score (nSPS) is 50.7. The molecule has 0 amide bonds. The zero-order chi connectivity index (χ0) is 7.90. The van der Waals surface area contributed by atoms with Crippen LogP contribution in [-0.2, 0) is 9.47 Å². The smallest absolute Gasteiger partial charge is 0.0916 e. The molecular formula is C8H14O3. The van der Waals surface area contributed by atoms with Crippen LogP contribution in [0.1, 0.15) is 19.8 Å². The molecule has 2 saturated heterocycles. The maximum atomic E-state index is 9.44. The van der Waals surface area contributed by atoms with Gasteiger partial charge in [-0.1, -0.05) is 0 Å². The van der Waals surface area contributed by atoms with E-state index in [9.17, 15) is 5.11 Å². The van der Waals surface area contributed by atoms with Gasteiger partial charge in [-0.15, -0.1) is 0 Å². The minimum absolute atomic E-state index is 0.123. The van der Waals surface area contributed by atoms with E-state index >= 15 is 0 Å². The quantitative estimate of drug-likeness (QED) is 0.551. The van der Waals surface area contributed by atoms with Crippen LogP contribution in [0.3, 0.4) is 0 Å². The molecule has 2 fully saturated rings. The minimum atomic E-state index is -0.222. The third kappa shape index (κ3) is 1.41. The maximum Gasteiger partial charge on any atom is 0.0916 e. The van der Waals surface area contributed by atoms with Crippen LogP contribution < -0.4 is 0 Å². The molecule has 0 spiro atoms. The van der Waals surface area contributed by atoms with Crippen molar-refractivity contribution in [3.63, 3.8) is 0 Å². The fraction of sp³-hybridized carbons (Fsp3) is 1.00. The van der Waals surface area contributed by atoms with Gasteiger partial charge in [0.2, 0.25) is 0 Å². The zero-order valence-corrected chi connectivity index (χ0v) is 6.75. The zero-order valence-electron chi connectivity index (χ0n) is 6.75. The SMILES string of the molecule is C[C@@]12COC[C@@H](CC(O)C1)O2. The van der Waals surface area contributed by atoms with Crippen molar-refractivity contribution in [1.29, 1.82) is 0 Å². The summed E-state index contributed by atoms with van der Waals surface area (Å²) in [6.07, 6.45) is 1.37. The number of aliphatic hydroxyl groups excluding tert-OH is 1. The highest BCUT2D eigenvalue weighted by Gasteiger charge is 2.40. The number of ether oxygens (including phenoxy) is 2. The Labute approximate surface area is 66.3 Å². The largest absolute Gasteiger partial charge is 0.393 e. The number of aliphatic hydroxyl groups is 1. The summed E-state index contributed by atoms with van der Waals surface area (Å²) in [4.78, 5) is 0. The second-order valence-corrected chi connectivity index (χ2v) is 3.80. The molecule has 0 aromatic heterocycles. The van der Waals surface area contributed by atoms with E-state index in [0.29, 0.717) is 19.6 Å². The molecule has 2 aliphatic rings. The first-order valence-corrected chi connectivity index (χ1v) is 4.12. The Morgan fingerprint density at radius 1 is 1.55 bits per heavy atom. The lowest BCUT2D eigenvalue weighted by Gasteiger charge is -2.44. The van der Waals surface area contributed by atoms with Crippen LogP contribution in [0.25, 0.3) is 0 Å². The highest BCUT2D eigenvalue weighted by Crippen LogP contribution is 2.32. The Morgan fingerprint density at radius 3 is 3.09 bits per heavy atom. The molecule has 0 aromatic rings. The summed E-state index contributed by atoms with van der Waals surface area (Å²) in [5, 5.41) is 9.44. The van der Waals surface area contributed by atoms with Crippen molar-refractivity contribution in [3.8, 4) is 0 Å². The molecule has 2 aliphatic heterocycles. The van der Waals surface area contributed by atoms with E-state index in [1.165, 1.54) is 0 Å². The molecule has 0 radical (unpaired) electrons. The molecule has 3 heteroatoms. The lowest BCUT2D eigenvalue weighted by Crippen LogP contribution is -2.52. The second kappa shape index (κ2) is 2.44. The van der Waals surface area contributed by atoms with Crippen LogP contribution in [0, 0.1) is 0 Å². The van der Waals surface area contributed by atoms with Crippen LogP contribution in [-0.4, -0.2) is 36.1 Å². The Hall–Kier alpha value is -0.120. The lowest BCUT2D eigenvalue weighted by molar-refractivity contribution is -0.233. The Kier molecular flexibility index (Phi) is 1.67. The van der Waals surface area contributed by atoms with Crippen LogP contribution in [0.15, 0.2) is 0 Å². The predicted molar refractivity (Wildman–Crippen MR) is 39.3 cm³/mol. The van der Waals surface area contributed by atoms with Gasteiger partial charge in [0.15, 0.2) is 0 Å². The first-order chi connectivity index (χ1) is 5.18. The van der Waals surface area contributed by atoms with Crippen molar-refractivity contribution < 1.29 is 14.6 Å². The lowest BCUT2D eigenvalue weighted by atomic mass is 9.90.